The summed E-state index contributed by atoms with van der Waals surface area (Å²) in [6.45, 7) is 4.27. The van der Waals surface area contributed by atoms with Crippen LogP contribution in [-0.2, 0) is 0 Å². The summed E-state index contributed by atoms with van der Waals surface area (Å²) in [6, 6.07) is 5.11. The molecule has 31 heavy (non-hydrogen) atoms. The van der Waals surface area contributed by atoms with E-state index in [1.807, 2.05) is 6.92 Å². The number of nitrogens with two attached hydrogens (primary N) is 1. The molecule has 0 spiro atoms. The van der Waals surface area contributed by atoms with Gasteiger partial charge in [-0.05, 0) is 50.5 Å². The summed E-state index contributed by atoms with van der Waals surface area (Å²) < 4.78 is 45.5. The topological polar surface area (TPSA) is 85.2 Å². The number of fused-ring (bicyclic) bond motifs is 1. The Hall–Kier alpha value is -3.21. The second-order valence-electron chi connectivity index (χ2n) is 7.05. The van der Waals surface area contributed by atoms with Gasteiger partial charge in [-0.3, -0.25) is 0 Å². The Kier molecular flexibility index (Phi) is 6.03. The Morgan fingerprint density at radius 3 is 2.45 bits per heavy atom. The van der Waals surface area contributed by atoms with Gasteiger partial charge in [-0.2, -0.15) is 9.36 Å². The Morgan fingerprint density at radius 2 is 1.74 bits per heavy atom. The number of benzene rings is 1. The number of anilines is 2. The smallest absolute Gasteiger partial charge is 0.240 e. The minimum atomic E-state index is -1.52. The van der Waals surface area contributed by atoms with Gasteiger partial charge in [0.1, 0.15) is 5.82 Å². The fourth-order valence-electron chi connectivity index (χ4n) is 3.37. The van der Waals surface area contributed by atoms with E-state index in [2.05, 4.69) is 24.3 Å². The Labute approximate surface area is 180 Å². The van der Waals surface area contributed by atoms with Crippen LogP contribution in [0.4, 0.5) is 24.3 Å². The number of hydrogen-bond donors (Lipinski definition) is 1. The molecule has 1 saturated heterocycles. The number of piperidine rings is 1. The highest BCUT2D eigenvalue weighted by Gasteiger charge is 2.18. The molecule has 1 fully saturated rings. The minimum absolute atomic E-state index is 0.00967. The molecule has 2 N–H and O–H groups in total. The molecule has 4 aromatic rings. The van der Waals surface area contributed by atoms with Crippen molar-refractivity contribution >= 4 is 28.3 Å². The van der Waals surface area contributed by atoms with Crippen LogP contribution in [0, 0.1) is 24.4 Å². The molecular formula is C20H20F3N7S. The molecule has 7 nitrogen and oxygen atoms in total. The molecule has 11 heteroatoms. The average Bonchev–Trinajstić information content (AvgIpc) is 3.38. The lowest BCUT2D eigenvalue weighted by atomic mass is 10.1. The minimum Gasteiger partial charge on any atom is -0.366 e. The second kappa shape index (κ2) is 8.88. The number of pyridine rings is 1. The molecule has 4 heterocycles. The average molecular weight is 447 g/mol. The van der Waals surface area contributed by atoms with Crippen LogP contribution in [0.2, 0.25) is 0 Å². The van der Waals surface area contributed by atoms with Crippen molar-refractivity contribution in [3.63, 3.8) is 0 Å². The standard InChI is InChI=1S/C12H7F3N4.C8H13N3S/c13-8-4-3-6(9(14)10(8)15)7-2-1-5-19-11(7)17-12(16)18-19;1-7-9-8(12-10-7)11-5-3-2-4-6-11/h1-5H,(H2,16,18);2-6H2,1H3. The van der Waals surface area contributed by atoms with E-state index in [4.69, 9.17) is 5.73 Å². The van der Waals surface area contributed by atoms with Gasteiger partial charge >= 0.3 is 0 Å². The molecule has 0 bridgehead atoms. The van der Waals surface area contributed by atoms with Crippen LogP contribution >= 0.6 is 11.5 Å². The summed E-state index contributed by atoms with van der Waals surface area (Å²) in [7, 11) is 0. The second-order valence-corrected chi connectivity index (χ2v) is 7.79. The van der Waals surface area contributed by atoms with Gasteiger partial charge in [0.15, 0.2) is 23.1 Å². The van der Waals surface area contributed by atoms with Gasteiger partial charge in [0.25, 0.3) is 0 Å². The lowest BCUT2D eigenvalue weighted by Gasteiger charge is -2.25. The number of aromatic nitrogens is 5. The highest BCUT2D eigenvalue weighted by molar-refractivity contribution is 7.09. The van der Waals surface area contributed by atoms with Crippen LogP contribution in [0.25, 0.3) is 16.8 Å². The predicted octanol–water partition coefficient (Wildman–Crippen LogP) is 4.23. The third-order valence-corrected chi connectivity index (χ3v) is 5.72. The largest absolute Gasteiger partial charge is 0.366 e. The third-order valence-electron chi connectivity index (χ3n) is 4.85. The van der Waals surface area contributed by atoms with Crippen LogP contribution in [0.5, 0.6) is 0 Å². The lowest BCUT2D eigenvalue weighted by molar-refractivity contribution is 0.449. The molecule has 0 aliphatic carbocycles. The van der Waals surface area contributed by atoms with Gasteiger partial charge in [-0.1, -0.05) is 0 Å². The molecule has 0 radical (unpaired) electrons. The zero-order valence-corrected chi connectivity index (χ0v) is 17.5. The van der Waals surface area contributed by atoms with E-state index in [-0.39, 0.29) is 22.7 Å². The summed E-state index contributed by atoms with van der Waals surface area (Å²) in [6.07, 6.45) is 5.55. The summed E-state index contributed by atoms with van der Waals surface area (Å²) in [5, 5.41) is 4.97. The molecule has 1 aliphatic rings. The predicted molar refractivity (Wildman–Crippen MR) is 113 cm³/mol. The highest BCUT2D eigenvalue weighted by Crippen LogP contribution is 2.28. The summed E-state index contributed by atoms with van der Waals surface area (Å²) >= 11 is 1.52. The first-order valence-corrected chi connectivity index (χ1v) is 10.5. The van der Waals surface area contributed by atoms with E-state index < -0.39 is 17.5 Å². The first-order valence-electron chi connectivity index (χ1n) is 9.74. The third kappa shape index (κ3) is 4.46. The normalized spacial score (nSPS) is 13.9. The lowest BCUT2D eigenvalue weighted by Crippen LogP contribution is -2.29. The van der Waals surface area contributed by atoms with Gasteiger partial charge in [0, 0.05) is 41.9 Å². The maximum atomic E-state index is 13.8. The van der Waals surface area contributed by atoms with E-state index in [9.17, 15) is 13.2 Å². The monoisotopic (exact) mass is 447 g/mol. The van der Waals surface area contributed by atoms with Crippen molar-refractivity contribution in [2.75, 3.05) is 23.7 Å². The van der Waals surface area contributed by atoms with Crippen molar-refractivity contribution in [2.24, 2.45) is 0 Å². The first kappa shape index (κ1) is 21.0. The number of nitrogen functional groups attached to an aromatic ring is 1. The molecule has 1 aromatic carbocycles. The maximum absolute atomic E-state index is 13.8. The van der Waals surface area contributed by atoms with E-state index in [1.165, 1.54) is 41.4 Å². The summed E-state index contributed by atoms with van der Waals surface area (Å²) in [4.78, 5) is 10.6. The first-order chi connectivity index (χ1) is 14.9. The van der Waals surface area contributed by atoms with E-state index in [1.54, 1.807) is 12.3 Å². The summed E-state index contributed by atoms with van der Waals surface area (Å²) in [5.74, 6) is -3.12. The fraction of sp³-hybridized carbons (Fsp3) is 0.300. The van der Waals surface area contributed by atoms with Crippen LogP contribution in [0.1, 0.15) is 25.1 Å². The van der Waals surface area contributed by atoms with Crippen molar-refractivity contribution in [1.29, 1.82) is 0 Å². The molecule has 0 amide bonds. The van der Waals surface area contributed by atoms with E-state index >= 15 is 0 Å². The van der Waals surface area contributed by atoms with Crippen LogP contribution in [0.3, 0.4) is 0 Å². The maximum Gasteiger partial charge on any atom is 0.240 e. The molecule has 5 rings (SSSR count). The number of halogens is 3. The van der Waals surface area contributed by atoms with Gasteiger partial charge in [0.05, 0.1) is 0 Å². The zero-order valence-electron chi connectivity index (χ0n) is 16.7. The van der Waals surface area contributed by atoms with Crippen LogP contribution in [0.15, 0.2) is 30.5 Å². The molecule has 0 atom stereocenters. The number of nitrogens with zero attached hydrogens (tertiary/aromatic N) is 6. The highest BCUT2D eigenvalue weighted by atomic mass is 32.1. The van der Waals surface area contributed by atoms with Gasteiger partial charge in [-0.25, -0.2) is 22.7 Å². The van der Waals surface area contributed by atoms with Crippen molar-refractivity contribution in [3.8, 4) is 11.1 Å². The van der Waals surface area contributed by atoms with E-state index in [0.717, 1.165) is 36.2 Å². The zero-order chi connectivity index (χ0) is 22.0. The fourth-order valence-corrected chi connectivity index (χ4v) is 4.09. The molecule has 3 aromatic heterocycles. The van der Waals surface area contributed by atoms with E-state index in [0.29, 0.717) is 0 Å². The molecule has 162 valence electrons. The number of hydrogen-bond acceptors (Lipinski definition) is 7. The number of aryl methyl sites for hydroxylation is 1. The van der Waals surface area contributed by atoms with Crippen LogP contribution < -0.4 is 10.6 Å². The van der Waals surface area contributed by atoms with Crippen LogP contribution in [-0.4, -0.2) is 37.0 Å². The van der Waals surface area contributed by atoms with Gasteiger partial charge in [-0.15, -0.1) is 5.10 Å². The van der Waals surface area contributed by atoms with Gasteiger partial charge in [0.2, 0.25) is 11.1 Å². The quantitative estimate of drug-likeness (QED) is 0.463. The van der Waals surface area contributed by atoms with Crippen molar-refractivity contribution in [1.82, 2.24) is 24.0 Å². The Morgan fingerprint density at radius 1 is 0.968 bits per heavy atom. The van der Waals surface area contributed by atoms with Crippen molar-refractivity contribution in [2.45, 2.75) is 26.2 Å². The van der Waals surface area contributed by atoms with Gasteiger partial charge < -0.3 is 10.6 Å². The van der Waals surface area contributed by atoms with Crippen molar-refractivity contribution < 1.29 is 13.2 Å². The Balaban J connectivity index is 0.000000166. The summed E-state index contributed by atoms with van der Waals surface area (Å²) in [5.41, 5.74) is 5.91. The molecule has 0 saturated carbocycles. The molecule has 1 aliphatic heterocycles. The Bertz CT molecular complexity index is 1200. The molecule has 0 unspecified atom stereocenters. The van der Waals surface area contributed by atoms with Crippen molar-refractivity contribution in [3.05, 3.63) is 53.7 Å². The SMILES string of the molecule is Cc1nsc(N2CCCCC2)n1.Nc1nc2c(-c3ccc(F)c(F)c3F)cccn2n1. The number of rotatable bonds is 2. The molecular weight excluding hydrogens is 427 g/mol.